The molecule has 0 radical (unpaired) electrons. The molecule has 0 aliphatic heterocycles. The summed E-state index contributed by atoms with van der Waals surface area (Å²) in [5.74, 6) is -1.43. The van der Waals surface area contributed by atoms with Crippen molar-refractivity contribution in [2.24, 2.45) is 0 Å². The molecular weight excluding hydrogens is 292 g/mol. The number of amides is 1. The van der Waals surface area contributed by atoms with Crippen molar-refractivity contribution in [3.8, 4) is 0 Å². The normalized spacial score (nSPS) is 11.5. The SMILES string of the molecule is COCCNCC(=O)NCc1ccc(F)cc1C(F)(F)F. The Kier molecular flexibility index (Phi) is 6.57. The van der Waals surface area contributed by atoms with Gasteiger partial charge in [0.05, 0.1) is 18.7 Å². The Labute approximate surface area is 119 Å². The standard InChI is InChI=1S/C13H16F4N2O2/c1-21-5-4-18-8-12(20)19-7-9-2-3-10(14)6-11(9)13(15,16)17/h2-3,6,18H,4-5,7-8H2,1H3,(H,19,20). The van der Waals surface area contributed by atoms with Crippen LogP contribution >= 0.6 is 0 Å². The van der Waals surface area contributed by atoms with Gasteiger partial charge in [-0.05, 0) is 17.7 Å². The second kappa shape index (κ2) is 7.94. The monoisotopic (exact) mass is 308 g/mol. The lowest BCUT2D eigenvalue weighted by molar-refractivity contribution is -0.138. The molecule has 8 heteroatoms. The third-order valence-corrected chi connectivity index (χ3v) is 2.62. The van der Waals surface area contributed by atoms with Crippen LogP contribution in [0.1, 0.15) is 11.1 Å². The van der Waals surface area contributed by atoms with Crippen LogP contribution in [-0.4, -0.2) is 32.7 Å². The van der Waals surface area contributed by atoms with Gasteiger partial charge in [0.15, 0.2) is 0 Å². The maximum atomic E-state index is 12.9. The van der Waals surface area contributed by atoms with Crippen LogP contribution in [-0.2, 0) is 22.3 Å². The van der Waals surface area contributed by atoms with Crippen LogP contribution in [0, 0.1) is 5.82 Å². The van der Waals surface area contributed by atoms with Gasteiger partial charge >= 0.3 is 6.18 Å². The number of carbonyl (C=O) groups excluding carboxylic acids is 1. The lowest BCUT2D eigenvalue weighted by atomic mass is 10.1. The lowest BCUT2D eigenvalue weighted by Gasteiger charge is -2.13. The molecule has 1 aromatic rings. The molecule has 0 fully saturated rings. The molecule has 0 atom stereocenters. The van der Waals surface area contributed by atoms with Crippen molar-refractivity contribution in [3.05, 3.63) is 35.1 Å². The molecule has 1 rings (SSSR count). The summed E-state index contributed by atoms with van der Waals surface area (Å²) in [7, 11) is 1.51. The zero-order chi connectivity index (χ0) is 15.9. The molecule has 0 saturated carbocycles. The highest BCUT2D eigenvalue weighted by molar-refractivity contribution is 5.78. The van der Waals surface area contributed by atoms with Crippen molar-refractivity contribution in [2.45, 2.75) is 12.7 Å². The minimum absolute atomic E-state index is 0.0358. The number of rotatable bonds is 7. The highest BCUT2D eigenvalue weighted by Gasteiger charge is 2.33. The molecule has 118 valence electrons. The summed E-state index contributed by atoms with van der Waals surface area (Å²) in [6.07, 6.45) is -4.67. The van der Waals surface area contributed by atoms with Gasteiger partial charge in [0.25, 0.3) is 0 Å². The van der Waals surface area contributed by atoms with E-state index in [2.05, 4.69) is 10.6 Å². The number of ether oxygens (including phenoxy) is 1. The number of alkyl halides is 3. The highest BCUT2D eigenvalue weighted by atomic mass is 19.4. The Bertz CT molecular complexity index is 478. The molecule has 0 spiro atoms. The Morgan fingerprint density at radius 3 is 2.67 bits per heavy atom. The molecule has 0 unspecified atom stereocenters. The minimum Gasteiger partial charge on any atom is -0.383 e. The van der Waals surface area contributed by atoms with E-state index in [4.69, 9.17) is 4.74 Å². The van der Waals surface area contributed by atoms with E-state index in [0.717, 1.165) is 12.1 Å². The third kappa shape index (κ3) is 6.09. The molecule has 4 nitrogen and oxygen atoms in total. The molecule has 21 heavy (non-hydrogen) atoms. The Morgan fingerprint density at radius 1 is 1.33 bits per heavy atom. The van der Waals surface area contributed by atoms with E-state index in [9.17, 15) is 22.4 Å². The van der Waals surface area contributed by atoms with Crippen LogP contribution in [0.4, 0.5) is 17.6 Å². The van der Waals surface area contributed by atoms with Crippen molar-refractivity contribution in [2.75, 3.05) is 26.8 Å². The van der Waals surface area contributed by atoms with Crippen molar-refractivity contribution in [3.63, 3.8) is 0 Å². The van der Waals surface area contributed by atoms with Gasteiger partial charge < -0.3 is 15.4 Å². The van der Waals surface area contributed by atoms with Gasteiger partial charge in [-0.3, -0.25) is 4.79 Å². The predicted octanol–water partition coefficient (Wildman–Crippen LogP) is 1.70. The maximum absolute atomic E-state index is 12.9. The number of nitrogens with one attached hydrogen (secondary N) is 2. The van der Waals surface area contributed by atoms with E-state index in [1.807, 2.05) is 0 Å². The van der Waals surface area contributed by atoms with Gasteiger partial charge in [0.1, 0.15) is 5.82 Å². The lowest BCUT2D eigenvalue weighted by Crippen LogP contribution is -2.35. The van der Waals surface area contributed by atoms with Crippen LogP contribution in [0.15, 0.2) is 18.2 Å². The van der Waals surface area contributed by atoms with Gasteiger partial charge in [-0.25, -0.2) is 4.39 Å². The fourth-order valence-electron chi connectivity index (χ4n) is 1.60. The van der Waals surface area contributed by atoms with Crippen LogP contribution in [0.3, 0.4) is 0 Å². The number of methoxy groups -OCH3 is 1. The Balaban J connectivity index is 2.57. The van der Waals surface area contributed by atoms with E-state index in [1.54, 1.807) is 0 Å². The van der Waals surface area contributed by atoms with Crippen molar-refractivity contribution in [1.29, 1.82) is 0 Å². The van der Waals surface area contributed by atoms with E-state index in [1.165, 1.54) is 7.11 Å². The molecule has 0 bridgehead atoms. The summed E-state index contributed by atoms with van der Waals surface area (Å²) < 4.78 is 55.9. The largest absolute Gasteiger partial charge is 0.416 e. The van der Waals surface area contributed by atoms with Crippen molar-refractivity contribution in [1.82, 2.24) is 10.6 Å². The molecule has 0 aliphatic carbocycles. The summed E-state index contributed by atoms with van der Waals surface area (Å²) >= 11 is 0. The van der Waals surface area contributed by atoms with Gasteiger partial charge in [-0.1, -0.05) is 6.07 Å². The number of hydrogen-bond acceptors (Lipinski definition) is 3. The molecular formula is C13H16F4N2O2. The fraction of sp³-hybridized carbons (Fsp3) is 0.462. The number of carbonyl (C=O) groups is 1. The second-order valence-electron chi connectivity index (χ2n) is 4.25. The molecule has 0 heterocycles. The summed E-state index contributed by atoms with van der Waals surface area (Å²) in [6, 6.07) is 2.35. The highest BCUT2D eigenvalue weighted by Crippen LogP contribution is 2.32. The number of benzene rings is 1. The molecule has 0 aliphatic rings. The average Bonchev–Trinajstić information content (AvgIpc) is 2.41. The maximum Gasteiger partial charge on any atom is 0.416 e. The second-order valence-corrected chi connectivity index (χ2v) is 4.25. The van der Waals surface area contributed by atoms with Gasteiger partial charge in [-0.15, -0.1) is 0 Å². The summed E-state index contributed by atoms with van der Waals surface area (Å²) in [5.41, 5.74) is -1.27. The molecule has 0 aromatic heterocycles. The van der Waals surface area contributed by atoms with Gasteiger partial charge in [0, 0.05) is 20.2 Å². The molecule has 1 amide bonds. The van der Waals surface area contributed by atoms with Crippen LogP contribution in [0.25, 0.3) is 0 Å². The fourth-order valence-corrected chi connectivity index (χ4v) is 1.60. The first kappa shape index (κ1) is 17.4. The summed E-state index contributed by atoms with van der Waals surface area (Å²) in [4.78, 5) is 11.4. The van der Waals surface area contributed by atoms with Crippen molar-refractivity contribution >= 4 is 5.91 Å². The van der Waals surface area contributed by atoms with E-state index >= 15 is 0 Å². The molecule has 1 aromatic carbocycles. The summed E-state index contributed by atoms with van der Waals surface area (Å²) in [6.45, 7) is 0.517. The topological polar surface area (TPSA) is 50.4 Å². The van der Waals surface area contributed by atoms with E-state index < -0.39 is 23.5 Å². The van der Waals surface area contributed by atoms with Crippen molar-refractivity contribution < 1.29 is 27.1 Å². The minimum atomic E-state index is -4.67. The quantitative estimate of drug-likeness (QED) is 0.595. The Morgan fingerprint density at radius 2 is 2.05 bits per heavy atom. The van der Waals surface area contributed by atoms with Gasteiger partial charge in [-0.2, -0.15) is 13.2 Å². The summed E-state index contributed by atoms with van der Waals surface area (Å²) in [5, 5.41) is 5.10. The Hall–Kier alpha value is -1.67. The zero-order valence-electron chi connectivity index (χ0n) is 11.4. The predicted molar refractivity (Wildman–Crippen MR) is 68.0 cm³/mol. The van der Waals surface area contributed by atoms with Crippen LogP contribution in [0.5, 0.6) is 0 Å². The van der Waals surface area contributed by atoms with E-state index in [0.29, 0.717) is 19.2 Å². The third-order valence-electron chi connectivity index (χ3n) is 2.62. The van der Waals surface area contributed by atoms with E-state index in [-0.39, 0.29) is 18.7 Å². The molecule has 2 N–H and O–H groups in total. The number of hydrogen-bond donors (Lipinski definition) is 2. The van der Waals surface area contributed by atoms with Crippen LogP contribution in [0.2, 0.25) is 0 Å². The first-order valence-electron chi connectivity index (χ1n) is 6.16. The molecule has 0 saturated heterocycles. The van der Waals surface area contributed by atoms with Crippen LogP contribution < -0.4 is 10.6 Å². The van der Waals surface area contributed by atoms with Gasteiger partial charge in [0.2, 0.25) is 5.91 Å². The average molecular weight is 308 g/mol. The number of halogens is 4. The zero-order valence-corrected chi connectivity index (χ0v) is 11.4. The first-order chi connectivity index (χ1) is 9.84. The smallest absolute Gasteiger partial charge is 0.383 e. The first-order valence-corrected chi connectivity index (χ1v) is 6.16.